The van der Waals surface area contributed by atoms with Crippen molar-refractivity contribution in [2.24, 2.45) is 0 Å². The van der Waals surface area contributed by atoms with E-state index in [0.29, 0.717) is 11.9 Å². The Bertz CT molecular complexity index is 453. The van der Waals surface area contributed by atoms with Crippen LogP contribution in [-0.4, -0.2) is 16.2 Å². The van der Waals surface area contributed by atoms with Gasteiger partial charge in [0.15, 0.2) is 0 Å². The Labute approximate surface area is 101 Å². The summed E-state index contributed by atoms with van der Waals surface area (Å²) in [5.74, 6) is 0.553. The summed E-state index contributed by atoms with van der Waals surface area (Å²) in [5, 5.41) is 11.0. The van der Waals surface area contributed by atoms with E-state index < -0.39 is 0 Å². The first-order valence-corrected chi connectivity index (χ1v) is 5.92. The van der Waals surface area contributed by atoms with Crippen LogP contribution in [0.4, 0.5) is 5.69 Å². The Balaban J connectivity index is 2.12. The van der Waals surface area contributed by atoms with Gasteiger partial charge < -0.3 is 9.73 Å². The third-order valence-electron chi connectivity index (χ3n) is 2.60. The number of anilines is 1. The monoisotopic (exact) mass is 231 g/mol. The van der Waals surface area contributed by atoms with Crippen LogP contribution in [0.3, 0.4) is 0 Å². The number of rotatable bonds is 5. The number of hydrogen-bond acceptors (Lipinski definition) is 4. The van der Waals surface area contributed by atoms with Crippen LogP contribution in [0.25, 0.3) is 11.5 Å². The smallest absolute Gasteiger partial charge is 0.247 e. The minimum atomic E-state index is 0.470. The van der Waals surface area contributed by atoms with E-state index in [4.69, 9.17) is 4.42 Å². The lowest BCUT2D eigenvalue weighted by atomic mass is 10.1. The Morgan fingerprint density at radius 1 is 1.41 bits per heavy atom. The quantitative estimate of drug-likeness (QED) is 0.857. The zero-order chi connectivity index (χ0) is 12.1. The van der Waals surface area contributed by atoms with Gasteiger partial charge in [0, 0.05) is 17.3 Å². The van der Waals surface area contributed by atoms with Crippen LogP contribution in [0.15, 0.2) is 35.1 Å². The predicted molar refractivity (Wildman–Crippen MR) is 67.7 cm³/mol. The molecule has 0 spiro atoms. The largest absolute Gasteiger partial charge is 0.423 e. The van der Waals surface area contributed by atoms with Crippen molar-refractivity contribution < 1.29 is 4.42 Å². The van der Waals surface area contributed by atoms with Crippen molar-refractivity contribution in [2.75, 3.05) is 5.32 Å². The average Bonchev–Trinajstić information content (AvgIpc) is 2.83. The van der Waals surface area contributed by atoms with E-state index in [1.165, 1.54) is 12.8 Å². The fraction of sp³-hybridized carbons (Fsp3) is 0.385. The minimum absolute atomic E-state index is 0.470. The molecule has 0 amide bonds. The van der Waals surface area contributed by atoms with Crippen molar-refractivity contribution in [2.45, 2.75) is 32.7 Å². The molecule has 0 bridgehead atoms. The SMILES string of the molecule is CCCC(C)Nc1cccc(-c2nnco2)c1. The first kappa shape index (κ1) is 11.6. The summed E-state index contributed by atoms with van der Waals surface area (Å²) in [6.45, 7) is 4.37. The Morgan fingerprint density at radius 2 is 2.29 bits per heavy atom. The first-order chi connectivity index (χ1) is 8.29. The number of hydrogen-bond donors (Lipinski definition) is 1. The maximum atomic E-state index is 5.18. The fourth-order valence-corrected chi connectivity index (χ4v) is 1.83. The van der Waals surface area contributed by atoms with Gasteiger partial charge in [-0.05, 0) is 31.5 Å². The third-order valence-corrected chi connectivity index (χ3v) is 2.60. The first-order valence-electron chi connectivity index (χ1n) is 5.92. The van der Waals surface area contributed by atoms with E-state index in [1.807, 2.05) is 24.3 Å². The van der Waals surface area contributed by atoms with Crippen LogP contribution in [0, 0.1) is 0 Å². The van der Waals surface area contributed by atoms with Crippen LogP contribution < -0.4 is 5.32 Å². The van der Waals surface area contributed by atoms with Crippen molar-refractivity contribution in [1.29, 1.82) is 0 Å². The second kappa shape index (κ2) is 5.48. The number of nitrogens with one attached hydrogen (secondary N) is 1. The molecule has 0 aliphatic rings. The van der Waals surface area contributed by atoms with Crippen LogP contribution in [0.5, 0.6) is 0 Å². The van der Waals surface area contributed by atoms with E-state index in [1.54, 1.807) is 0 Å². The molecule has 1 atom stereocenters. The van der Waals surface area contributed by atoms with Gasteiger partial charge in [0.2, 0.25) is 12.3 Å². The van der Waals surface area contributed by atoms with Gasteiger partial charge in [-0.25, -0.2) is 0 Å². The zero-order valence-corrected chi connectivity index (χ0v) is 10.2. The molecular formula is C13H17N3O. The van der Waals surface area contributed by atoms with Gasteiger partial charge in [-0.15, -0.1) is 10.2 Å². The summed E-state index contributed by atoms with van der Waals surface area (Å²) in [6.07, 6.45) is 3.68. The molecule has 90 valence electrons. The van der Waals surface area contributed by atoms with Gasteiger partial charge in [-0.2, -0.15) is 0 Å². The van der Waals surface area contributed by atoms with Crippen LogP contribution in [0.2, 0.25) is 0 Å². The molecule has 0 aliphatic heterocycles. The second-order valence-corrected chi connectivity index (χ2v) is 4.16. The molecule has 4 nitrogen and oxygen atoms in total. The van der Waals surface area contributed by atoms with Crippen LogP contribution in [0.1, 0.15) is 26.7 Å². The van der Waals surface area contributed by atoms with Crippen LogP contribution in [-0.2, 0) is 0 Å². The maximum Gasteiger partial charge on any atom is 0.247 e. The highest BCUT2D eigenvalue weighted by Gasteiger charge is 2.05. The van der Waals surface area contributed by atoms with Gasteiger partial charge in [0.1, 0.15) is 0 Å². The Hall–Kier alpha value is -1.84. The fourth-order valence-electron chi connectivity index (χ4n) is 1.83. The average molecular weight is 231 g/mol. The Kier molecular flexibility index (Phi) is 3.75. The normalized spacial score (nSPS) is 12.4. The van der Waals surface area contributed by atoms with Crippen molar-refractivity contribution in [3.63, 3.8) is 0 Å². The van der Waals surface area contributed by atoms with E-state index in [-0.39, 0.29) is 0 Å². The Morgan fingerprint density at radius 3 is 3.00 bits per heavy atom. The second-order valence-electron chi connectivity index (χ2n) is 4.16. The van der Waals surface area contributed by atoms with Crippen molar-refractivity contribution >= 4 is 5.69 Å². The van der Waals surface area contributed by atoms with Gasteiger partial charge in [0.25, 0.3) is 0 Å². The summed E-state index contributed by atoms with van der Waals surface area (Å²) >= 11 is 0. The molecule has 0 radical (unpaired) electrons. The van der Waals surface area contributed by atoms with Crippen molar-refractivity contribution in [1.82, 2.24) is 10.2 Å². The molecule has 0 saturated heterocycles. The number of aromatic nitrogens is 2. The predicted octanol–water partition coefficient (Wildman–Crippen LogP) is 3.34. The summed E-state index contributed by atoms with van der Waals surface area (Å²) in [6, 6.07) is 8.49. The summed E-state index contributed by atoms with van der Waals surface area (Å²) in [7, 11) is 0. The molecule has 4 heteroatoms. The molecule has 17 heavy (non-hydrogen) atoms. The number of nitrogens with zero attached hydrogens (tertiary/aromatic N) is 2. The zero-order valence-electron chi connectivity index (χ0n) is 10.2. The standard InChI is InChI=1S/C13H17N3O/c1-3-5-10(2)15-12-7-4-6-11(8-12)13-16-14-9-17-13/h4,6-10,15H,3,5H2,1-2H3. The highest BCUT2D eigenvalue weighted by Crippen LogP contribution is 2.21. The lowest BCUT2D eigenvalue weighted by Crippen LogP contribution is -2.14. The van der Waals surface area contributed by atoms with Crippen molar-refractivity contribution in [3.05, 3.63) is 30.7 Å². The van der Waals surface area contributed by atoms with E-state index >= 15 is 0 Å². The van der Waals surface area contributed by atoms with E-state index in [9.17, 15) is 0 Å². The highest BCUT2D eigenvalue weighted by atomic mass is 16.4. The lowest BCUT2D eigenvalue weighted by Gasteiger charge is -2.14. The van der Waals surface area contributed by atoms with Gasteiger partial charge >= 0.3 is 0 Å². The van der Waals surface area contributed by atoms with Gasteiger partial charge in [0.05, 0.1) is 0 Å². The molecular weight excluding hydrogens is 214 g/mol. The lowest BCUT2D eigenvalue weighted by molar-refractivity contribution is 0.568. The molecule has 2 rings (SSSR count). The molecule has 1 N–H and O–H groups in total. The molecule has 0 aliphatic carbocycles. The molecule has 1 aromatic carbocycles. The molecule has 1 heterocycles. The third kappa shape index (κ3) is 3.06. The van der Waals surface area contributed by atoms with Gasteiger partial charge in [-0.3, -0.25) is 0 Å². The number of benzene rings is 1. The molecule has 1 aromatic heterocycles. The molecule has 0 saturated carbocycles. The van der Waals surface area contributed by atoms with E-state index in [0.717, 1.165) is 17.7 Å². The van der Waals surface area contributed by atoms with E-state index in [2.05, 4.69) is 29.4 Å². The van der Waals surface area contributed by atoms with Crippen LogP contribution >= 0.6 is 0 Å². The maximum absolute atomic E-state index is 5.18. The highest BCUT2D eigenvalue weighted by molar-refractivity contribution is 5.61. The summed E-state index contributed by atoms with van der Waals surface area (Å²) < 4.78 is 5.18. The summed E-state index contributed by atoms with van der Waals surface area (Å²) in [4.78, 5) is 0. The topological polar surface area (TPSA) is 51.0 Å². The molecule has 2 aromatic rings. The molecule has 1 unspecified atom stereocenters. The summed E-state index contributed by atoms with van der Waals surface area (Å²) in [5.41, 5.74) is 2.03. The minimum Gasteiger partial charge on any atom is -0.423 e. The van der Waals surface area contributed by atoms with Crippen molar-refractivity contribution in [3.8, 4) is 11.5 Å². The van der Waals surface area contributed by atoms with Gasteiger partial charge in [-0.1, -0.05) is 19.4 Å². The molecule has 0 fully saturated rings.